The van der Waals surface area contributed by atoms with E-state index in [9.17, 15) is 0 Å². The van der Waals surface area contributed by atoms with E-state index in [-0.39, 0.29) is 12.6 Å². The van der Waals surface area contributed by atoms with Crippen LogP contribution in [-0.2, 0) is 0 Å². The van der Waals surface area contributed by atoms with E-state index < -0.39 is 0 Å². The van der Waals surface area contributed by atoms with Crippen molar-refractivity contribution in [1.29, 1.82) is 0 Å². The summed E-state index contributed by atoms with van der Waals surface area (Å²) in [5.41, 5.74) is 0. The van der Waals surface area contributed by atoms with Crippen LogP contribution in [0.4, 0.5) is 0 Å². The van der Waals surface area contributed by atoms with Gasteiger partial charge in [-0.15, -0.1) is 0 Å². The highest BCUT2D eigenvalue weighted by Crippen LogP contribution is 2.03. The van der Waals surface area contributed by atoms with Gasteiger partial charge in [-0.05, 0) is 26.2 Å². The lowest BCUT2D eigenvalue weighted by atomic mass is 10.3. The Balaban J connectivity index is 2.64. The Labute approximate surface area is 84.0 Å². The number of hydrogen-bond donors (Lipinski definition) is 1. The van der Waals surface area contributed by atoms with Crippen molar-refractivity contribution < 1.29 is 5.11 Å². The molecule has 0 radical (unpaired) electrons. The van der Waals surface area contributed by atoms with Crippen molar-refractivity contribution in [1.82, 2.24) is 14.8 Å². The quantitative estimate of drug-likeness (QED) is 0.575. The van der Waals surface area contributed by atoms with Gasteiger partial charge in [0.25, 0.3) is 0 Å². The van der Waals surface area contributed by atoms with Crippen LogP contribution in [0, 0.1) is 11.8 Å². The Bertz CT molecular complexity index is 333. The maximum Gasteiger partial charge on any atom is 0.203 e. The number of aliphatic hydroxyl groups is 1. The maximum absolute atomic E-state index is 8.57. The predicted molar refractivity (Wildman–Crippen MR) is 53.6 cm³/mol. The molecule has 14 heavy (non-hydrogen) atoms. The van der Waals surface area contributed by atoms with E-state index in [1.807, 2.05) is 13.8 Å². The molecule has 4 nitrogen and oxygen atoms in total. The van der Waals surface area contributed by atoms with E-state index in [0.717, 1.165) is 0 Å². The summed E-state index contributed by atoms with van der Waals surface area (Å²) >= 11 is 0. The lowest BCUT2D eigenvalue weighted by molar-refractivity contribution is 0.290. The summed E-state index contributed by atoms with van der Waals surface area (Å²) in [6.07, 6.45) is 2.92. The number of hydrogen-bond acceptors (Lipinski definition) is 3. The number of aromatic nitrogens is 3. The van der Waals surface area contributed by atoms with Crippen molar-refractivity contribution >= 4 is 0 Å². The molecule has 4 heteroatoms. The molecule has 0 atom stereocenters. The minimum atomic E-state index is 0.186. The van der Waals surface area contributed by atoms with Gasteiger partial charge in [0.05, 0.1) is 0 Å². The fourth-order valence-electron chi connectivity index (χ4n) is 1.03. The Hall–Kier alpha value is -1.34. The molecule has 1 heterocycles. The normalized spacial score (nSPS) is 10.0. The minimum Gasteiger partial charge on any atom is -0.396 e. The maximum atomic E-state index is 8.57. The van der Waals surface area contributed by atoms with Crippen molar-refractivity contribution in [3.8, 4) is 11.8 Å². The molecule has 0 fully saturated rings. The van der Waals surface area contributed by atoms with Crippen LogP contribution in [0.1, 0.15) is 38.6 Å². The number of unbranched alkanes of at least 4 members (excludes halogenated alkanes) is 1. The van der Waals surface area contributed by atoms with E-state index >= 15 is 0 Å². The van der Waals surface area contributed by atoms with E-state index in [1.165, 1.54) is 6.33 Å². The highest BCUT2D eigenvalue weighted by Gasteiger charge is 2.03. The van der Waals surface area contributed by atoms with Gasteiger partial charge in [0.2, 0.25) is 5.82 Å². The third kappa shape index (κ3) is 2.86. The highest BCUT2D eigenvalue weighted by atomic mass is 16.2. The Kier molecular flexibility index (Phi) is 4.14. The van der Waals surface area contributed by atoms with E-state index in [4.69, 9.17) is 5.11 Å². The molecule has 0 unspecified atom stereocenters. The van der Waals surface area contributed by atoms with E-state index in [0.29, 0.717) is 18.7 Å². The first-order chi connectivity index (χ1) is 6.75. The van der Waals surface area contributed by atoms with Gasteiger partial charge in [0.15, 0.2) is 0 Å². The second kappa shape index (κ2) is 5.40. The van der Waals surface area contributed by atoms with Crippen LogP contribution in [0.5, 0.6) is 0 Å². The Morgan fingerprint density at radius 3 is 3.00 bits per heavy atom. The first-order valence-electron chi connectivity index (χ1n) is 4.75. The SMILES string of the molecule is CC(C)n1ncnc1C#CCCCO. The largest absolute Gasteiger partial charge is 0.396 e. The van der Waals surface area contributed by atoms with Crippen LogP contribution in [0.2, 0.25) is 0 Å². The lowest BCUT2D eigenvalue weighted by Crippen LogP contribution is -2.05. The van der Waals surface area contributed by atoms with Gasteiger partial charge in [-0.2, -0.15) is 5.10 Å². The molecule has 1 N–H and O–H groups in total. The first kappa shape index (κ1) is 10.7. The fraction of sp³-hybridized carbons (Fsp3) is 0.600. The van der Waals surface area contributed by atoms with Crippen LogP contribution in [-0.4, -0.2) is 26.5 Å². The Morgan fingerprint density at radius 2 is 2.36 bits per heavy atom. The number of rotatable bonds is 3. The molecule has 76 valence electrons. The molecule has 1 aromatic heterocycles. The van der Waals surface area contributed by atoms with Crippen LogP contribution in [0.15, 0.2) is 6.33 Å². The molecule has 0 aliphatic rings. The topological polar surface area (TPSA) is 50.9 Å². The summed E-state index contributed by atoms with van der Waals surface area (Å²) in [7, 11) is 0. The predicted octanol–water partition coefficient (Wildman–Crippen LogP) is 0.983. The summed E-state index contributed by atoms with van der Waals surface area (Å²) in [6, 6.07) is 0.277. The summed E-state index contributed by atoms with van der Waals surface area (Å²) in [6.45, 7) is 4.26. The molecule has 0 aliphatic carbocycles. The van der Waals surface area contributed by atoms with Crippen molar-refractivity contribution in [3.05, 3.63) is 12.2 Å². The average molecular weight is 193 g/mol. The lowest BCUT2D eigenvalue weighted by Gasteiger charge is -2.04. The fourth-order valence-corrected chi connectivity index (χ4v) is 1.03. The molecule has 0 amide bonds. The van der Waals surface area contributed by atoms with Gasteiger partial charge in [-0.25, -0.2) is 9.67 Å². The molecule has 0 bridgehead atoms. The Morgan fingerprint density at radius 1 is 1.57 bits per heavy atom. The van der Waals surface area contributed by atoms with Crippen LogP contribution >= 0.6 is 0 Å². The molecular weight excluding hydrogens is 178 g/mol. The van der Waals surface area contributed by atoms with E-state index in [1.54, 1.807) is 4.68 Å². The van der Waals surface area contributed by atoms with Crippen molar-refractivity contribution in [2.45, 2.75) is 32.7 Å². The molecular formula is C10H15N3O. The van der Waals surface area contributed by atoms with Gasteiger partial charge in [0, 0.05) is 19.1 Å². The molecule has 1 rings (SSSR count). The zero-order valence-electron chi connectivity index (χ0n) is 8.56. The average Bonchev–Trinajstić information content (AvgIpc) is 2.60. The third-order valence-corrected chi connectivity index (χ3v) is 1.72. The van der Waals surface area contributed by atoms with Crippen molar-refractivity contribution in [2.75, 3.05) is 6.61 Å². The molecule has 0 aliphatic heterocycles. The van der Waals surface area contributed by atoms with E-state index in [2.05, 4.69) is 21.9 Å². The molecule has 0 saturated carbocycles. The number of aliphatic hydroxyl groups excluding tert-OH is 1. The summed E-state index contributed by atoms with van der Waals surface area (Å²) < 4.78 is 1.78. The van der Waals surface area contributed by atoms with Gasteiger partial charge in [-0.1, -0.05) is 5.92 Å². The van der Waals surface area contributed by atoms with Crippen molar-refractivity contribution in [3.63, 3.8) is 0 Å². The molecule has 0 spiro atoms. The second-order valence-electron chi connectivity index (χ2n) is 3.25. The molecule has 0 saturated heterocycles. The highest BCUT2D eigenvalue weighted by molar-refractivity contribution is 5.20. The standard InChI is InChI=1S/C10H15N3O/c1-9(2)13-10(11-8-12-13)6-4-3-5-7-14/h8-9,14H,3,5,7H2,1-2H3. The van der Waals surface area contributed by atoms with Crippen LogP contribution in [0.3, 0.4) is 0 Å². The summed E-state index contributed by atoms with van der Waals surface area (Å²) in [4.78, 5) is 4.05. The monoisotopic (exact) mass is 193 g/mol. The van der Waals surface area contributed by atoms with Gasteiger partial charge in [0.1, 0.15) is 6.33 Å². The zero-order chi connectivity index (χ0) is 10.4. The molecule has 1 aromatic rings. The first-order valence-corrected chi connectivity index (χ1v) is 4.75. The van der Waals surface area contributed by atoms with Crippen LogP contribution < -0.4 is 0 Å². The van der Waals surface area contributed by atoms with Gasteiger partial charge >= 0.3 is 0 Å². The summed E-state index contributed by atoms with van der Waals surface area (Å²) in [5, 5.41) is 12.6. The number of nitrogens with zero attached hydrogens (tertiary/aromatic N) is 3. The summed E-state index contributed by atoms with van der Waals surface area (Å²) in [5.74, 6) is 6.58. The second-order valence-corrected chi connectivity index (χ2v) is 3.25. The molecule has 0 aromatic carbocycles. The van der Waals surface area contributed by atoms with Gasteiger partial charge < -0.3 is 5.11 Å². The van der Waals surface area contributed by atoms with Crippen molar-refractivity contribution in [2.24, 2.45) is 0 Å². The van der Waals surface area contributed by atoms with Crippen LogP contribution in [0.25, 0.3) is 0 Å². The van der Waals surface area contributed by atoms with Gasteiger partial charge in [-0.3, -0.25) is 0 Å². The zero-order valence-corrected chi connectivity index (χ0v) is 8.56. The third-order valence-electron chi connectivity index (χ3n) is 1.72. The minimum absolute atomic E-state index is 0.186. The smallest absolute Gasteiger partial charge is 0.203 e.